The normalized spacial score (nSPS) is 17.7. The highest BCUT2D eigenvalue weighted by Gasteiger charge is 2.28. The first-order chi connectivity index (χ1) is 11.1. The third-order valence-corrected chi connectivity index (χ3v) is 3.75. The molecule has 2 rings (SSSR count). The third kappa shape index (κ3) is 5.35. The fourth-order valence-corrected chi connectivity index (χ4v) is 2.56. The number of amides is 1. The van der Waals surface area contributed by atoms with Crippen molar-refractivity contribution in [3.63, 3.8) is 0 Å². The molecule has 0 bridgehead atoms. The molecule has 0 N–H and O–H groups in total. The van der Waals surface area contributed by atoms with Crippen molar-refractivity contribution in [2.24, 2.45) is 5.92 Å². The number of hydrogen-bond acceptors (Lipinski definition) is 6. The van der Waals surface area contributed by atoms with Gasteiger partial charge in [-0.1, -0.05) is 18.5 Å². The van der Waals surface area contributed by atoms with E-state index in [1.165, 1.54) is 12.4 Å². The van der Waals surface area contributed by atoms with Crippen LogP contribution in [0.5, 0.6) is 5.88 Å². The lowest BCUT2D eigenvalue weighted by molar-refractivity contribution is -0.152. The number of rotatable bonds is 6. The van der Waals surface area contributed by atoms with Crippen molar-refractivity contribution in [1.29, 1.82) is 0 Å². The Hall–Kier alpha value is -1.89. The van der Waals surface area contributed by atoms with Gasteiger partial charge in [0.25, 0.3) is 0 Å². The lowest BCUT2D eigenvalue weighted by Gasteiger charge is -2.31. The number of piperidine rings is 1. The van der Waals surface area contributed by atoms with Gasteiger partial charge in [-0.3, -0.25) is 14.6 Å². The van der Waals surface area contributed by atoms with Gasteiger partial charge >= 0.3 is 5.97 Å². The van der Waals surface area contributed by atoms with Crippen molar-refractivity contribution in [1.82, 2.24) is 14.9 Å². The van der Waals surface area contributed by atoms with Crippen molar-refractivity contribution in [2.75, 3.05) is 26.3 Å². The van der Waals surface area contributed by atoms with E-state index in [0.29, 0.717) is 19.5 Å². The first kappa shape index (κ1) is 17.5. The number of esters is 1. The summed E-state index contributed by atoms with van der Waals surface area (Å²) in [5.41, 5.74) is 0. The summed E-state index contributed by atoms with van der Waals surface area (Å²) in [6, 6.07) is 0. The average molecular weight is 342 g/mol. The van der Waals surface area contributed by atoms with Crippen molar-refractivity contribution in [3.05, 3.63) is 17.5 Å². The minimum absolute atomic E-state index is 0.0744. The summed E-state index contributed by atoms with van der Waals surface area (Å²) in [5, 5.41) is 0.238. The van der Waals surface area contributed by atoms with Crippen LogP contribution < -0.4 is 4.74 Å². The van der Waals surface area contributed by atoms with Gasteiger partial charge in [-0.25, -0.2) is 0 Å². The largest absolute Gasteiger partial charge is 0.473 e. The van der Waals surface area contributed by atoms with Crippen LogP contribution in [0.1, 0.15) is 26.2 Å². The molecule has 1 aromatic heterocycles. The number of hydrogen-bond donors (Lipinski definition) is 0. The molecule has 1 saturated heterocycles. The highest BCUT2D eigenvalue weighted by molar-refractivity contribution is 6.29. The van der Waals surface area contributed by atoms with Crippen LogP contribution in [-0.2, 0) is 14.3 Å². The summed E-state index contributed by atoms with van der Waals surface area (Å²) in [5.74, 6) is -0.194. The van der Waals surface area contributed by atoms with Crippen LogP contribution in [0.15, 0.2) is 12.4 Å². The van der Waals surface area contributed by atoms with Gasteiger partial charge in [0, 0.05) is 19.5 Å². The van der Waals surface area contributed by atoms with Gasteiger partial charge in [0.15, 0.2) is 5.15 Å². The molecule has 0 aromatic carbocycles. The molecule has 1 aromatic rings. The Kier molecular flexibility index (Phi) is 6.58. The zero-order chi connectivity index (χ0) is 16.7. The highest BCUT2D eigenvalue weighted by Crippen LogP contribution is 2.18. The van der Waals surface area contributed by atoms with Crippen molar-refractivity contribution in [2.45, 2.75) is 26.2 Å². The molecule has 1 amide bonds. The Balaban J connectivity index is 1.71. The fraction of sp³-hybridized carbons (Fsp3) is 0.600. The number of halogens is 1. The number of likely N-dealkylation sites (tertiary alicyclic amines) is 1. The van der Waals surface area contributed by atoms with Crippen LogP contribution >= 0.6 is 11.6 Å². The molecule has 0 aliphatic carbocycles. The van der Waals surface area contributed by atoms with E-state index in [9.17, 15) is 9.59 Å². The van der Waals surface area contributed by atoms with Gasteiger partial charge in [0.2, 0.25) is 11.8 Å². The molecule has 0 spiro atoms. The zero-order valence-corrected chi connectivity index (χ0v) is 13.8. The van der Waals surface area contributed by atoms with Crippen molar-refractivity contribution < 1.29 is 19.1 Å². The molecule has 1 aliphatic rings. The monoisotopic (exact) mass is 341 g/mol. The number of ether oxygens (including phenoxy) is 2. The van der Waals surface area contributed by atoms with Gasteiger partial charge in [-0.05, 0) is 12.8 Å². The van der Waals surface area contributed by atoms with Gasteiger partial charge in [-0.2, -0.15) is 4.98 Å². The van der Waals surface area contributed by atoms with Gasteiger partial charge in [0.1, 0.15) is 13.2 Å². The van der Waals surface area contributed by atoms with Crippen molar-refractivity contribution in [3.8, 4) is 5.88 Å². The van der Waals surface area contributed by atoms with E-state index in [1.54, 1.807) is 4.90 Å². The third-order valence-electron chi connectivity index (χ3n) is 3.57. The maximum Gasteiger partial charge on any atom is 0.310 e. The first-order valence-electron chi connectivity index (χ1n) is 7.65. The molecule has 23 heavy (non-hydrogen) atoms. The Morgan fingerprint density at radius 2 is 2.22 bits per heavy atom. The lowest BCUT2D eigenvalue weighted by Crippen LogP contribution is -2.42. The molecular weight excluding hydrogens is 322 g/mol. The molecule has 7 nitrogen and oxygen atoms in total. The Morgan fingerprint density at radius 1 is 1.39 bits per heavy atom. The Morgan fingerprint density at radius 3 is 2.96 bits per heavy atom. The smallest absolute Gasteiger partial charge is 0.310 e. The summed E-state index contributed by atoms with van der Waals surface area (Å²) in [4.78, 5) is 33.2. The fourth-order valence-electron chi connectivity index (χ4n) is 2.42. The Labute approximate surface area is 139 Å². The molecule has 1 aliphatic heterocycles. The maximum absolute atomic E-state index is 12.1. The lowest BCUT2D eigenvalue weighted by atomic mass is 9.98. The number of carbonyl (C=O) groups is 2. The van der Waals surface area contributed by atoms with Crippen LogP contribution in [0.3, 0.4) is 0 Å². The Bertz CT molecular complexity index is 555. The predicted molar refractivity (Wildman–Crippen MR) is 83.1 cm³/mol. The van der Waals surface area contributed by atoms with Crippen LogP contribution in [0.25, 0.3) is 0 Å². The second-order valence-corrected chi connectivity index (χ2v) is 5.62. The van der Waals surface area contributed by atoms with Crippen molar-refractivity contribution >= 4 is 23.5 Å². The molecule has 0 saturated carbocycles. The van der Waals surface area contributed by atoms with Crippen LogP contribution in [-0.4, -0.2) is 53.0 Å². The molecule has 1 atom stereocenters. The van der Waals surface area contributed by atoms with Crippen LogP contribution in [0, 0.1) is 5.92 Å². The molecule has 1 unspecified atom stereocenters. The second kappa shape index (κ2) is 8.67. The average Bonchev–Trinajstić information content (AvgIpc) is 2.58. The molecular formula is C15H20ClN3O4. The molecule has 0 radical (unpaired) electrons. The topological polar surface area (TPSA) is 81.6 Å². The van der Waals surface area contributed by atoms with E-state index in [2.05, 4.69) is 9.97 Å². The minimum Gasteiger partial charge on any atom is -0.473 e. The summed E-state index contributed by atoms with van der Waals surface area (Å²) in [6.07, 6.45) is 4.85. The number of aromatic nitrogens is 2. The van der Waals surface area contributed by atoms with E-state index in [1.807, 2.05) is 6.92 Å². The van der Waals surface area contributed by atoms with Gasteiger partial charge in [0.05, 0.1) is 18.3 Å². The summed E-state index contributed by atoms with van der Waals surface area (Å²) in [6.45, 7) is 3.26. The molecule has 126 valence electrons. The summed E-state index contributed by atoms with van der Waals surface area (Å²) in [7, 11) is 0. The SMILES string of the molecule is CCC(=O)N1CCCC(C(=O)OCCOc2cncc(Cl)n2)C1. The zero-order valence-electron chi connectivity index (χ0n) is 13.0. The molecule has 2 heterocycles. The van der Waals surface area contributed by atoms with E-state index in [-0.39, 0.29) is 42.0 Å². The standard InChI is InChI=1S/C15H20ClN3O4/c1-2-14(20)19-5-3-4-11(10-19)15(21)23-7-6-22-13-9-17-8-12(16)18-13/h8-9,11H,2-7,10H2,1H3. The van der Waals surface area contributed by atoms with Gasteiger partial charge < -0.3 is 14.4 Å². The first-order valence-corrected chi connectivity index (χ1v) is 8.02. The number of carbonyl (C=O) groups excluding carboxylic acids is 2. The van der Waals surface area contributed by atoms with E-state index >= 15 is 0 Å². The van der Waals surface area contributed by atoms with Crippen LogP contribution in [0.2, 0.25) is 5.15 Å². The van der Waals surface area contributed by atoms with E-state index < -0.39 is 0 Å². The maximum atomic E-state index is 12.1. The second-order valence-electron chi connectivity index (χ2n) is 5.23. The highest BCUT2D eigenvalue weighted by atomic mass is 35.5. The molecule has 8 heteroatoms. The molecule has 1 fully saturated rings. The quantitative estimate of drug-likeness (QED) is 0.578. The van der Waals surface area contributed by atoms with Crippen LogP contribution in [0.4, 0.5) is 0 Å². The van der Waals surface area contributed by atoms with E-state index in [0.717, 1.165) is 12.8 Å². The number of nitrogens with zero attached hydrogens (tertiary/aromatic N) is 3. The predicted octanol–water partition coefficient (Wildman–Crippen LogP) is 1.70. The summed E-state index contributed by atoms with van der Waals surface area (Å²) < 4.78 is 10.5. The summed E-state index contributed by atoms with van der Waals surface area (Å²) >= 11 is 5.69. The van der Waals surface area contributed by atoms with Gasteiger partial charge in [-0.15, -0.1) is 0 Å². The minimum atomic E-state index is -0.292. The van der Waals surface area contributed by atoms with E-state index in [4.69, 9.17) is 21.1 Å².